The van der Waals surface area contributed by atoms with E-state index in [0.29, 0.717) is 0 Å². The Balaban J connectivity index is 2.17. The van der Waals surface area contributed by atoms with Crippen LogP contribution in [-0.4, -0.2) is 18.2 Å². The van der Waals surface area contributed by atoms with Crippen LogP contribution in [0, 0.1) is 0 Å². The zero-order valence-electron chi connectivity index (χ0n) is 10.7. The molecule has 0 spiro atoms. The molecule has 0 bridgehead atoms. The summed E-state index contributed by atoms with van der Waals surface area (Å²) in [5.74, 6) is 0. The maximum atomic E-state index is 12.2. The van der Waals surface area contributed by atoms with E-state index in [2.05, 4.69) is 25.8 Å². The van der Waals surface area contributed by atoms with E-state index in [4.69, 9.17) is 11.6 Å². The van der Waals surface area contributed by atoms with Gasteiger partial charge >= 0.3 is 0 Å². The lowest BCUT2D eigenvalue weighted by Gasteiger charge is -2.08. The molecule has 2 rings (SSSR count). The molecule has 0 unspecified atom stereocenters. The van der Waals surface area contributed by atoms with Gasteiger partial charge in [-0.25, -0.2) is 13.1 Å². The van der Waals surface area contributed by atoms with Crippen molar-refractivity contribution in [2.24, 2.45) is 7.05 Å². The molecule has 0 saturated carbocycles. The number of rotatable bonds is 5. The maximum Gasteiger partial charge on any atom is 0.259 e. The van der Waals surface area contributed by atoms with Crippen molar-refractivity contribution in [2.45, 2.75) is 16.9 Å². The molecule has 1 N–H and O–H groups in total. The van der Waals surface area contributed by atoms with Crippen molar-refractivity contribution in [2.75, 3.05) is 0 Å². The summed E-state index contributed by atoms with van der Waals surface area (Å²) in [4.78, 5) is 0. The van der Waals surface area contributed by atoms with Gasteiger partial charge in [-0.05, 0) is 11.1 Å². The van der Waals surface area contributed by atoms with Crippen molar-refractivity contribution in [1.29, 1.82) is 0 Å². The van der Waals surface area contributed by atoms with E-state index in [1.165, 1.54) is 17.9 Å². The molecule has 0 atom stereocenters. The first-order valence-corrected chi connectivity index (χ1v) is 8.73. The number of aryl methyl sites for hydroxylation is 1. The Morgan fingerprint density at radius 1 is 1.40 bits per heavy atom. The topological polar surface area (TPSA) is 64.0 Å². The fourth-order valence-electron chi connectivity index (χ4n) is 1.77. The molecule has 0 fully saturated rings. The largest absolute Gasteiger partial charge is 0.259 e. The summed E-state index contributed by atoms with van der Waals surface area (Å²) >= 11 is 9.22. The number of nitrogens with one attached hydrogen (secondary N) is 1. The summed E-state index contributed by atoms with van der Waals surface area (Å²) in [5.41, 5.74) is 1.96. The Morgan fingerprint density at radius 2 is 2.10 bits per heavy atom. The molecule has 8 heteroatoms. The van der Waals surface area contributed by atoms with Gasteiger partial charge in [0.25, 0.3) is 10.0 Å². The smallest absolute Gasteiger partial charge is 0.255 e. The highest BCUT2D eigenvalue weighted by molar-refractivity contribution is 9.08. The molecule has 0 amide bonds. The normalized spacial score (nSPS) is 11.8. The summed E-state index contributed by atoms with van der Waals surface area (Å²) in [6.45, 7) is 0.199. The zero-order chi connectivity index (χ0) is 14.8. The highest BCUT2D eigenvalue weighted by Crippen LogP contribution is 2.19. The quantitative estimate of drug-likeness (QED) is 0.813. The molecule has 20 heavy (non-hydrogen) atoms. The van der Waals surface area contributed by atoms with Crippen LogP contribution in [0.15, 0.2) is 35.5 Å². The molecule has 2 aromatic rings. The van der Waals surface area contributed by atoms with E-state index >= 15 is 0 Å². The minimum atomic E-state index is -3.69. The van der Waals surface area contributed by atoms with Crippen LogP contribution >= 0.6 is 27.5 Å². The predicted octanol–water partition coefficient (Wildman–Crippen LogP) is 2.45. The van der Waals surface area contributed by atoms with Gasteiger partial charge in [0.1, 0.15) is 0 Å². The van der Waals surface area contributed by atoms with Gasteiger partial charge in [0, 0.05) is 18.9 Å². The molecule has 0 saturated heterocycles. The van der Waals surface area contributed by atoms with Crippen molar-refractivity contribution < 1.29 is 8.42 Å². The Hall–Kier alpha value is -0.890. The van der Waals surface area contributed by atoms with Gasteiger partial charge in [-0.1, -0.05) is 51.8 Å². The van der Waals surface area contributed by atoms with Gasteiger partial charge in [0.2, 0.25) is 0 Å². The fraction of sp³-hybridized carbons (Fsp3) is 0.250. The first kappa shape index (κ1) is 15.5. The number of hydrogen-bond acceptors (Lipinski definition) is 3. The first-order valence-electron chi connectivity index (χ1n) is 5.75. The summed E-state index contributed by atoms with van der Waals surface area (Å²) in [5, 5.41) is 4.62. The number of halogens is 2. The molecule has 0 aliphatic rings. The molecule has 0 aliphatic carbocycles. The van der Waals surface area contributed by atoms with Crippen LogP contribution in [-0.2, 0) is 28.9 Å². The summed E-state index contributed by atoms with van der Waals surface area (Å²) < 4.78 is 28.2. The van der Waals surface area contributed by atoms with Crippen LogP contribution in [0.5, 0.6) is 0 Å². The van der Waals surface area contributed by atoms with Gasteiger partial charge in [-0.2, -0.15) is 5.10 Å². The summed E-state index contributed by atoms with van der Waals surface area (Å²) in [6, 6.07) is 7.64. The molecule has 1 heterocycles. The highest BCUT2D eigenvalue weighted by atomic mass is 79.9. The minimum absolute atomic E-state index is 0.0317. The molecule has 1 aromatic carbocycles. The van der Waals surface area contributed by atoms with Crippen LogP contribution in [0.25, 0.3) is 0 Å². The molecular weight excluding hydrogens is 366 g/mol. The first-order chi connectivity index (χ1) is 9.44. The van der Waals surface area contributed by atoms with Gasteiger partial charge < -0.3 is 0 Å². The van der Waals surface area contributed by atoms with E-state index < -0.39 is 10.0 Å². The minimum Gasteiger partial charge on any atom is -0.255 e. The van der Waals surface area contributed by atoms with Gasteiger partial charge in [-0.15, -0.1) is 0 Å². The Kier molecular flexibility index (Phi) is 4.85. The van der Waals surface area contributed by atoms with Crippen LogP contribution in [0.1, 0.15) is 11.1 Å². The van der Waals surface area contributed by atoms with Crippen molar-refractivity contribution in [1.82, 2.24) is 14.5 Å². The van der Waals surface area contributed by atoms with Crippen LogP contribution in [0.2, 0.25) is 5.02 Å². The number of sulfonamides is 1. The molecule has 1 aromatic heterocycles. The second-order valence-electron chi connectivity index (χ2n) is 4.20. The number of hydrogen-bond donors (Lipinski definition) is 1. The summed E-state index contributed by atoms with van der Waals surface area (Å²) in [7, 11) is -2.16. The van der Waals surface area contributed by atoms with E-state index in [-0.39, 0.29) is 16.6 Å². The average Bonchev–Trinajstić information content (AvgIpc) is 2.77. The Bertz CT molecular complexity index is 696. The third-order valence-corrected chi connectivity index (χ3v) is 5.26. The third-order valence-electron chi connectivity index (χ3n) is 2.71. The SMILES string of the molecule is Cn1ncc(Cl)c1S(=O)(=O)NCc1cccc(CBr)c1. The lowest BCUT2D eigenvalue weighted by Crippen LogP contribution is -2.25. The van der Waals surface area contributed by atoms with Crippen molar-refractivity contribution in [3.05, 3.63) is 46.6 Å². The van der Waals surface area contributed by atoms with Crippen molar-refractivity contribution in [3.63, 3.8) is 0 Å². The summed E-state index contributed by atoms with van der Waals surface area (Å²) in [6.07, 6.45) is 1.31. The maximum absolute atomic E-state index is 12.2. The highest BCUT2D eigenvalue weighted by Gasteiger charge is 2.22. The Labute approximate surface area is 131 Å². The zero-order valence-corrected chi connectivity index (χ0v) is 13.8. The third kappa shape index (κ3) is 3.41. The van der Waals surface area contributed by atoms with E-state index in [1.54, 1.807) is 0 Å². The van der Waals surface area contributed by atoms with Crippen molar-refractivity contribution in [3.8, 4) is 0 Å². The average molecular weight is 379 g/mol. The van der Waals surface area contributed by atoms with Crippen LogP contribution in [0.4, 0.5) is 0 Å². The number of alkyl halides is 1. The molecule has 108 valence electrons. The number of benzene rings is 1. The lowest BCUT2D eigenvalue weighted by atomic mass is 10.1. The number of nitrogens with zero attached hydrogens (tertiary/aromatic N) is 2. The molecule has 0 radical (unpaired) electrons. The Morgan fingerprint density at radius 3 is 2.70 bits per heavy atom. The second-order valence-corrected chi connectivity index (χ2v) is 6.85. The standard InChI is InChI=1S/C12H13BrClN3O2S/c1-17-12(11(14)8-15-17)20(18,19)16-7-10-4-2-3-9(5-10)6-13/h2-5,8,16H,6-7H2,1H3. The van der Waals surface area contributed by atoms with Gasteiger partial charge in [0.15, 0.2) is 5.03 Å². The molecule has 5 nitrogen and oxygen atoms in total. The van der Waals surface area contributed by atoms with Gasteiger partial charge in [-0.3, -0.25) is 4.68 Å². The van der Waals surface area contributed by atoms with Crippen LogP contribution in [0.3, 0.4) is 0 Å². The van der Waals surface area contributed by atoms with Gasteiger partial charge in [0.05, 0.1) is 11.2 Å². The van der Waals surface area contributed by atoms with E-state index in [9.17, 15) is 8.42 Å². The second kappa shape index (κ2) is 6.26. The number of aromatic nitrogens is 2. The monoisotopic (exact) mass is 377 g/mol. The molecule has 0 aliphatic heterocycles. The van der Waals surface area contributed by atoms with E-state index in [1.807, 2.05) is 24.3 Å². The van der Waals surface area contributed by atoms with Crippen LogP contribution < -0.4 is 4.72 Å². The molecular formula is C12H13BrClN3O2S. The lowest BCUT2D eigenvalue weighted by molar-refractivity contribution is 0.563. The van der Waals surface area contributed by atoms with E-state index in [0.717, 1.165) is 16.5 Å². The predicted molar refractivity (Wildman–Crippen MR) is 81.3 cm³/mol. The fourth-order valence-corrected chi connectivity index (χ4v) is 3.79. The van der Waals surface area contributed by atoms with Crippen molar-refractivity contribution >= 4 is 37.6 Å².